The van der Waals surface area contributed by atoms with E-state index in [4.69, 9.17) is 27.9 Å². The minimum Gasteiger partial charge on any atom is -0.691 e. The summed E-state index contributed by atoms with van der Waals surface area (Å²) < 4.78 is 38.7. The van der Waals surface area contributed by atoms with Crippen LogP contribution in [0.3, 0.4) is 0 Å². The summed E-state index contributed by atoms with van der Waals surface area (Å²) in [4.78, 5) is 27.0. The fraction of sp³-hybridized carbons (Fsp3) is 0.920. The number of carbonyl (C=O) groups is 2. The normalized spacial score (nSPS) is 25.1. The van der Waals surface area contributed by atoms with Crippen LogP contribution in [0.2, 0.25) is 0 Å². The van der Waals surface area contributed by atoms with Crippen molar-refractivity contribution in [2.75, 3.05) is 13.2 Å². The number of ether oxygens (including phenoxy) is 5. The zero-order valence-corrected chi connectivity index (χ0v) is 44.4. The molecule has 2 aliphatic rings. The number of rotatable bonds is 41. The van der Waals surface area contributed by atoms with E-state index in [1.165, 1.54) is 128 Å². The van der Waals surface area contributed by atoms with Gasteiger partial charge in [0.1, 0.15) is 30.5 Å². The van der Waals surface area contributed by atoms with Crippen LogP contribution < -0.4 is 34.8 Å². The number of hydrogen-bond acceptors (Lipinski definition) is 17. The molecule has 2 saturated heterocycles. The number of allylic oxidation sites excluding steroid dienone is 1. The maximum Gasteiger partial charge on any atom is 1.00 e. The van der Waals surface area contributed by atoms with E-state index in [9.17, 15) is 40.4 Å². The van der Waals surface area contributed by atoms with Crippen LogP contribution >= 0.6 is 12.3 Å². The molecule has 2 rings (SSSR count). The molecule has 68 heavy (non-hydrogen) atoms. The van der Waals surface area contributed by atoms with Gasteiger partial charge in [-0.2, -0.15) is 0 Å². The summed E-state index contributed by atoms with van der Waals surface area (Å²) in [6.45, 7) is 4.54. The average Bonchev–Trinajstić information content (AvgIpc) is 3.31. The van der Waals surface area contributed by atoms with Crippen molar-refractivity contribution in [2.45, 2.75) is 282 Å². The molecule has 0 aliphatic carbocycles. The Morgan fingerprint density at radius 1 is 0.574 bits per heavy atom. The van der Waals surface area contributed by atoms with Crippen molar-refractivity contribution in [1.82, 2.24) is 0 Å². The van der Waals surface area contributed by atoms with Gasteiger partial charge in [0.15, 0.2) is 36.9 Å². The predicted octanol–water partition coefficient (Wildman–Crippen LogP) is 5.84. The molecule has 396 valence electrons. The molecular formula is C50H93NaO16S. The Bertz CT molecular complexity index is 1240. The third-order valence-corrected chi connectivity index (χ3v) is 13.1. The first-order valence-corrected chi connectivity index (χ1v) is 26.4. The van der Waals surface area contributed by atoms with Crippen LogP contribution in [0.5, 0.6) is 0 Å². The van der Waals surface area contributed by atoms with Crippen molar-refractivity contribution in [3.05, 3.63) is 11.6 Å². The molecule has 16 nitrogen and oxygen atoms in total. The van der Waals surface area contributed by atoms with Crippen molar-refractivity contribution in [3.8, 4) is 0 Å². The Morgan fingerprint density at radius 2 is 0.985 bits per heavy atom. The molecule has 0 saturated carbocycles. The van der Waals surface area contributed by atoms with Gasteiger partial charge < -0.3 is 54.5 Å². The van der Waals surface area contributed by atoms with Gasteiger partial charge in [0, 0.05) is 12.0 Å². The Labute approximate surface area is 436 Å². The summed E-state index contributed by atoms with van der Waals surface area (Å²) >= 11 is -0.000394. The van der Waals surface area contributed by atoms with Gasteiger partial charge >= 0.3 is 41.5 Å². The molecule has 0 bridgehead atoms. The standard InChI is InChI=1S/C49H90O16S.CH4.Na/c1-4-6-8-10-12-14-16-18-19-20-22-23-25-27-29-31-33-37(3)47(56)61-44-42(54)39(36-51)59-49(62-48-45(63-66-65-64-57)43(55)41(53)38(35-50)58-48)46(44)60-40(52)34-32-30-28-26-24-21-17-15-13-11-9-7-5-2;;/h33,38-39,41-46,48-51,53-55,57H,4-32,34-36H2,1-3H3;1H4;/q;;+1/p-1/b37-33+;;. The smallest absolute Gasteiger partial charge is 0.691 e. The molecule has 10 unspecified atom stereocenters. The topological polar surface area (TPSA) is 232 Å². The fourth-order valence-electron chi connectivity index (χ4n) is 8.52. The molecule has 0 aromatic carbocycles. The maximum absolute atomic E-state index is 13.6. The van der Waals surface area contributed by atoms with Crippen molar-refractivity contribution < 1.29 is 107 Å². The van der Waals surface area contributed by atoms with E-state index in [-0.39, 0.29) is 61.3 Å². The van der Waals surface area contributed by atoms with Crippen molar-refractivity contribution >= 4 is 24.3 Å². The van der Waals surface area contributed by atoms with Crippen LogP contribution in [0.1, 0.15) is 221 Å². The van der Waals surface area contributed by atoms with Crippen molar-refractivity contribution in [1.29, 1.82) is 0 Å². The molecule has 10 atom stereocenters. The molecule has 0 aromatic heterocycles. The largest absolute Gasteiger partial charge is 1.00 e. The Morgan fingerprint density at radius 3 is 1.43 bits per heavy atom. The number of unbranched alkanes of at least 4 members (excludes halogenated alkanes) is 27. The molecule has 18 heteroatoms. The monoisotopic (exact) mass is 1000 g/mol. The molecule has 0 spiro atoms. The third kappa shape index (κ3) is 28.7. The second kappa shape index (κ2) is 44.1. The summed E-state index contributed by atoms with van der Waals surface area (Å²) in [7, 11) is 0. The SMILES string of the molecule is C.CCCCCCCCCCCCCCCCC/C=C(\C)C(=O)OC1C(O)C(CO)OC(OC2OC(CO)C(O)C(O)C2OSOO[O-])C1OC(=O)CCCCCCCCCCCCCCC.[Na+]. The second-order valence-corrected chi connectivity index (χ2v) is 18.7. The van der Waals surface area contributed by atoms with Crippen molar-refractivity contribution in [2.24, 2.45) is 0 Å². The van der Waals surface area contributed by atoms with Gasteiger partial charge in [0.05, 0.1) is 13.2 Å². The second-order valence-electron chi connectivity index (χ2n) is 18.3. The number of hydrogen-bond donors (Lipinski definition) is 5. The van der Waals surface area contributed by atoms with Gasteiger partial charge in [-0.1, -0.05) is 194 Å². The number of aliphatic hydroxyl groups excluding tert-OH is 5. The zero-order chi connectivity index (χ0) is 48.2. The minimum atomic E-state index is -1.78. The van der Waals surface area contributed by atoms with E-state index in [0.29, 0.717) is 12.8 Å². The van der Waals surface area contributed by atoms with E-state index in [2.05, 4.69) is 23.2 Å². The van der Waals surface area contributed by atoms with Crippen LogP contribution in [0.15, 0.2) is 11.6 Å². The Balaban J connectivity index is 0.0000224. The first-order chi connectivity index (χ1) is 32.1. The zero-order valence-electron chi connectivity index (χ0n) is 41.6. The van der Waals surface area contributed by atoms with E-state index in [0.717, 1.165) is 44.9 Å². The molecular weight excluding hydrogens is 912 g/mol. The van der Waals surface area contributed by atoms with Crippen LogP contribution in [-0.4, -0.2) is 112 Å². The molecule has 5 N–H and O–H groups in total. The molecule has 2 aliphatic heterocycles. The Kier molecular flexibility index (Phi) is 43.8. The Hall–Kier alpha value is -0.450. The first kappa shape index (κ1) is 67.5. The summed E-state index contributed by atoms with van der Waals surface area (Å²) in [5, 5.41) is 66.6. The van der Waals surface area contributed by atoms with Gasteiger partial charge in [-0.15, -0.1) is 4.33 Å². The minimum absolute atomic E-state index is 0. The van der Waals surface area contributed by atoms with Crippen LogP contribution in [0, 0.1) is 0 Å². The summed E-state index contributed by atoms with van der Waals surface area (Å²) in [5.74, 6) is -1.47. The molecule has 2 heterocycles. The van der Waals surface area contributed by atoms with Gasteiger partial charge in [-0.3, -0.25) is 14.0 Å². The first-order valence-electron chi connectivity index (χ1n) is 25.7. The van der Waals surface area contributed by atoms with Gasteiger partial charge in [0.2, 0.25) is 6.29 Å². The van der Waals surface area contributed by atoms with Crippen LogP contribution in [0.4, 0.5) is 0 Å². The van der Waals surface area contributed by atoms with E-state index >= 15 is 0 Å². The predicted molar refractivity (Wildman–Crippen MR) is 255 cm³/mol. The average molecular weight is 1010 g/mol. The van der Waals surface area contributed by atoms with E-state index in [1.54, 1.807) is 13.0 Å². The molecule has 0 amide bonds. The summed E-state index contributed by atoms with van der Waals surface area (Å²) in [6.07, 6.45) is 19.5. The van der Waals surface area contributed by atoms with Gasteiger partial charge in [-0.25, -0.2) is 4.79 Å². The van der Waals surface area contributed by atoms with Crippen LogP contribution in [-0.2, 0) is 46.8 Å². The molecule has 2 fully saturated rings. The van der Waals surface area contributed by atoms with Crippen LogP contribution in [0.25, 0.3) is 0 Å². The summed E-state index contributed by atoms with van der Waals surface area (Å²) in [5.41, 5.74) is 0.277. The number of aliphatic hydroxyl groups is 5. The van der Waals surface area contributed by atoms with E-state index < -0.39 is 86.6 Å². The van der Waals surface area contributed by atoms with Gasteiger partial charge in [-0.05, 0) is 26.2 Å². The quantitative estimate of drug-likeness (QED) is 0.00920. The maximum atomic E-state index is 13.6. The molecule has 0 radical (unpaired) electrons. The fourth-order valence-corrected chi connectivity index (χ4v) is 8.87. The molecule has 0 aromatic rings. The summed E-state index contributed by atoms with van der Waals surface area (Å²) in [6, 6.07) is 0. The van der Waals surface area contributed by atoms with Gasteiger partial charge in [0.25, 0.3) is 0 Å². The number of carbonyl (C=O) groups excluding carboxylic acids is 2. The van der Waals surface area contributed by atoms with E-state index in [1.807, 2.05) is 0 Å². The van der Waals surface area contributed by atoms with Crippen molar-refractivity contribution in [3.63, 3.8) is 0 Å². The third-order valence-electron chi connectivity index (χ3n) is 12.7. The number of esters is 2.